The Balaban J connectivity index is 1.53. The van der Waals surface area contributed by atoms with E-state index in [0.29, 0.717) is 16.5 Å². The number of thioether (sulfide) groups is 1. The molecule has 1 aromatic heterocycles. The number of benzene rings is 2. The lowest BCUT2D eigenvalue weighted by molar-refractivity contribution is -0.150. The number of nitrogens with zero attached hydrogens (tertiary/aromatic N) is 2. The fourth-order valence-corrected chi connectivity index (χ4v) is 3.26. The zero-order valence-corrected chi connectivity index (χ0v) is 16.8. The number of imidazole rings is 1. The van der Waals surface area contributed by atoms with Crippen LogP contribution >= 0.6 is 11.8 Å². The Morgan fingerprint density at radius 1 is 1.24 bits per heavy atom. The van der Waals surface area contributed by atoms with Gasteiger partial charge in [-0.15, -0.1) is 0 Å². The van der Waals surface area contributed by atoms with Crippen molar-refractivity contribution in [2.24, 2.45) is 0 Å². The third-order valence-corrected chi connectivity index (χ3v) is 4.95. The summed E-state index contributed by atoms with van der Waals surface area (Å²) in [5, 5.41) is 3.22. The van der Waals surface area contributed by atoms with Crippen LogP contribution in [0, 0.1) is 12.7 Å². The molecular weight excluding hydrogens is 393 g/mol. The number of hydrogen-bond donors (Lipinski definition) is 1. The summed E-state index contributed by atoms with van der Waals surface area (Å²) in [4.78, 5) is 28.5. The molecule has 0 radical (unpaired) electrons. The van der Waals surface area contributed by atoms with Gasteiger partial charge < -0.3 is 10.1 Å². The number of carbonyl (C=O) groups excluding carboxylic acids is 2. The van der Waals surface area contributed by atoms with Crippen LogP contribution in [0.3, 0.4) is 0 Å². The Bertz CT molecular complexity index is 1000. The van der Waals surface area contributed by atoms with Crippen LogP contribution in [-0.4, -0.2) is 33.3 Å². The monoisotopic (exact) mass is 413 g/mol. The van der Waals surface area contributed by atoms with Gasteiger partial charge in [0.25, 0.3) is 5.91 Å². The molecule has 0 aliphatic heterocycles. The molecule has 0 spiro atoms. The van der Waals surface area contributed by atoms with Gasteiger partial charge in [-0.3, -0.25) is 14.2 Å². The average molecular weight is 413 g/mol. The Kier molecular flexibility index (Phi) is 6.66. The molecule has 0 saturated heterocycles. The molecule has 3 aromatic rings. The van der Waals surface area contributed by atoms with Crippen LogP contribution < -0.4 is 5.32 Å². The Labute approximate surface area is 172 Å². The molecular formula is C21H20FN3O3S. The quantitative estimate of drug-likeness (QED) is 0.468. The predicted octanol–water partition coefficient (Wildman–Crippen LogP) is 3.98. The first kappa shape index (κ1) is 20.6. The zero-order chi connectivity index (χ0) is 20.8. The molecule has 0 bridgehead atoms. The number of aromatic nitrogens is 2. The third-order valence-electron chi connectivity index (χ3n) is 4.01. The Hall–Kier alpha value is -3.13. The summed E-state index contributed by atoms with van der Waals surface area (Å²) in [5.74, 6) is -1.35. The number of halogens is 1. The number of carbonyl (C=O) groups is 2. The first-order valence-corrected chi connectivity index (χ1v) is 9.90. The van der Waals surface area contributed by atoms with Crippen LogP contribution in [-0.2, 0) is 14.3 Å². The van der Waals surface area contributed by atoms with Crippen molar-refractivity contribution >= 4 is 29.3 Å². The van der Waals surface area contributed by atoms with E-state index in [1.807, 2.05) is 19.1 Å². The second kappa shape index (κ2) is 9.38. The number of aryl methyl sites for hydroxylation is 1. The van der Waals surface area contributed by atoms with E-state index in [1.165, 1.54) is 19.1 Å². The summed E-state index contributed by atoms with van der Waals surface area (Å²) < 4.78 is 20.3. The van der Waals surface area contributed by atoms with E-state index >= 15 is 0 Å². The zero-order valence-electron chi connectivity index (χ0n) is 16.0. The minimum absolute atomic E-state index is 0.0333. The highest BCUT2D eigenvalue weighted by molar-refractivity contribution is 7.99. The van der Waals surface area contributed by atoms with E-state index < -0.39 is 18.0 Å². The lowest BCUT2D eigenvalue weighted by Gasteiger charge is -2.14. The maximum Gasteiger partial charge on any atom is 0.317 e. The summed E-state index contributed by atoms with van der Waals surface area (Å²) in [6.45, 7) is 3.47. The smallest absolute Gasteiger partial charge is 0.317 e. The van der Waals surface area contributed by atoms with Crippen molar-refractivity contribution in [2.75, 3.05) is 11.1 Å². The summed E-state index contributed by atoms with van der Waals surface area (Å²) in [6.07, 6.45) is 2.31. The van der Waals surface area contributed by atoms with Crippen molar-refractivity contribution in [1.82, 2.24) is 9.55 Å². The second-order valence-electron chi connectivity index (χ2n) is 6.34. The maximum atomic E-state index is 13.4. The number of rotatable bonds is 7. The highest BCUT2D eigenvalue weighted by Gasteiger charge is 2.19. The molecule has 1 atom stereocenters. The van der Waals surface area contributed by atoms with Gasteiger partial charge >= 0.3 is 5.97 Å². The fourth-order valence-electron chi connectivity index (χ4n) is 2.51. The minimum atomic E-state index is -0.938. The van der Waals surface area contributed by atoms with Gasteiger partial charge in [0.2, 0.25) is 0 Å². The van der Waals surface area contributed by atoms with Gasteiger partial charge in [-0.05, 0) is 44.2 Å². The van der Waals surface area contributed by atoms with Crippen LogP contribution in [0.15, 0.2) is 66.1 Å². The van der Waals surface area contributed by atoms with E-state index in [-0.39, 0.29) is 11.6 Å². The van der Waals surface area contributed by atoms with Crippen molar-refractivity contribution in [3.8, 4) is 5.69 Å². The SMILES string of the molecule is Cc1ccc(NC(=O)[C@@H](C)OC(=O)CSc2nccn2-c2cccc(F)c2)cc1. The molecule has 3 rings (SSSR count). The molecule has 150 valence electrons. The van der Waals surface area contributed by atoms with Crippen molar-refractivity contribution < 1.29 is 18.7 Å². The Morgan fingerprint density at radius 3 is 2.72 bits per heavy atom. The van der Waals surface area contributed by atoms with Gasteiger partial charge in [0, 0.05) is 18.1 Å². The van der Waals surface area contributed by atoms with Gasteiger partial charge in [-0.1, -0.05) is 35.5 Å². The predicted molar refractivity (Wildman–Crippen MR) is 110 cm³/mol. The highest BCUT2D eigenvalue weighted by Crippen LogP contribution is 2.21. The van der Waals surface area contributed by atoms with Crippen molar-refractivity contribution in [1.29, 1.82) is 0 Å². The lowest BCUT2D eigenvalue weighted by atomic mass is 10.2. The van der Waals surface area contributed by atoms with Crippen molar-refractivity contribution in [3.63, 3.8) is 0 Å². The lowest BCUT2D eigenvalue weighted by Crippen LogP contribution is -2.30. The summed E-state index contributed by atoms with van der Waals surface area (Å²) in [6, 6.07) is 13.4. The van der Waals surface area contributed by atoms with Crippen LogP contribution in [0.5, 0.6) is 0 Å². The molecule has 2 aromatic carbocycles. The van der Waals surface area contributed by atoms with Gasteiger partial charge in [-0.25, -0.2) is 9.37 Å². The molecule has 29 heavy (non-hydrogen) atoms. The third kappa shape index (κ3) is 5.68. The van der Waals surface area contributed by atoms with Gasteiger partial charge in [-0.2, -0.15) is 0 Å². The number of amides is 1. The van der Waals surface area contributed by atoms with Crippen molar-refractivity contribution in [3.05, 3.63) is 72.3 Å². The van der Waals surface area contributed by atoms with E-state index in [1.54, 1.807) is 41.2 Å². The standard InChI is InChI=1S/C21H20FN3O3S/c1-14-6-8-17(9-7-14)24-20(27)15(2)28-19(26)13-29-21-23-10-11-25(21)18-5-3-4-16(22)12-18/h3-12,15H,13H2,1-2H3,(H,24,27)/t15-/m1/s1. The Morgan fingerprint density at radius 2 is 2.00 bits per heavy atom. The van der Waals surface area contributed by atoms with Crippen LogP contribution in [0.25, 0.3) is 5.69 Å². The molecule has 0 aliphatic carbocycles. The number of esters is 1. The number of anilines is 1. The maximum absolute atomic E-state index is 13.4. The largest absolute Gasteiger partial charge is 0.452 e. The topological polar surface area (TPSA) is 73.2 Å². The molecule has 8 heteroatoms. The molecule has 0 unspecified atom stereocenters. The van der Waals surface area contributed by atoms with Crippen LogP contribution in [0.2, 0.25) is 0 Å². The summed E-state index contributed by atoms with van der Waals surface area (Å²) >= 11 is 1.14. The summed E-state index contributed by atoms with van der Waals surface area (Å²) in [5.41, 5.74) is 2.32. The molecule has 1 N–H and O–H groups in total. The molecule has 0 fully saturated rings. The van der Waals surface area contributed by atoms with Gasteiger partial charge in [0.15, 0.2) is 11.3 Å². The van der Waals surface area contributed by atoms with E-state index in [4.69, 9.17) is 4.74 Å². The average Bonchev–Trinajstić information content (AvgIpc) is 3.17. The highest BCUT2D eigenvalue weighted by atomic mass is 32.2. The van der Waals surface area contributed by atoms with E-state index in [9.17, 15) is 14.0 Å². The second-order valence-corrected chi connectivity index (χ2v) is 7.28. The van der Waals surface area contributed by atoms with Crippen molar-refractivity contribution in [2.45, 2.75) is 25.1 Å². The molecule has 0 aliphatic rings. The number of nitrogens with one attached hydrogen (secondary N) is 1. The van der Waals surface area contributed by atoms with Gasteiger partial charge in [0.1, 0.15) is 5.82 Å². The fraction of sp³-hybridized carbons (Fsp3) is 0.190. The van der Waals surface area contributed by atoms with Crippen LogP contribution in [0.1, 0.15) is 12.5 Å². The van der Waals surface area contributed by atoms with E-state index in [2.05, 4.69) is 10.3 Å². The van der Waals surface area contributed by atoms with Gasteiger partial charge in [0.05, 0.1) is 11.4 Å². The normalized spacial score (nSPS) is 11.7. The molecule has 1 heterocycles. The summed E-state index contributed by atoms with van der Waals surface area (Å²) in [7, 11) is 0. The van der Waals surface area contributed by atoms with Crippen LogP contribution in [0.4, 0.5) is 10.1 Å². The minimum Gasteiger partial charge on any atom is -0.452 e. The first-order valence-electron chi connectivity index (χ1n) is 8.91. The number of ether oxygens (including phenoxy) is 1. The van der Waals surface area contributed by atoms with E-state index in [0.717, 1.165) is 17.3 Å². The first-order chi connectivity index (χ1) is 13.9. The number of hydrogen-bond acceptors (Lipinski definition) is 5. The molecule has 6 nitrogen and oxygen atoms in total. The molecule has 1 amide bonds. The molecule has 0 saturated carbocycles.